The third kappa shape index (κ3) is 3.81. The Hall–Kier alpha value is -3.16. The number of nitrogens with zero attached hydrogens (tertiary/aromatic N) is 5. The van der Waals surface area contributed by atoms with Gasteiger partial charge >= 0.3 is 0 Å². The van der Waals surface area contributed by atoms with E-state index in [1.807, 2.05) is 42.2 Å². The number of amides is 2. The molecule has 2 aliphatic heterocycles. The van der Waals surface area contributed by atoms with Crippen molar-refractivity contribution < 1.29 is 9.59 Å². The van der Waals surface area contributed by atoms with Gasteiger partial charge < -0.3 is 9.80 Å². The number of hydrogen-bond acceptors (Lipinski definition) is 5. The predicted octanol–water partition coefficient (Wildman–Crippen LogP) is 3.73. The number of hydrogen-bond donors (Lipinski definition) is 0. The van der Waals surface area contributed by atoms with Crippen LogP contribution in [0.1, 0.15) is 11.1 Å². The van der Waals surface area contributed by atoms with Gasteiger partial charge in [-0.2, -0.15) is 0 Å². The van der Waals surface area contributed by atoms with Crippen LogP contribution in [-0.2, 0) is 16.1 Å². The number of pyridine rings is 2. The highest BCUT2D eigenvalue weighted by Gasteiger charge is 2.60. The van der Waals surface area contributed by atoms with Crippen LogP contribution in [0.4, 0.5) is 11.6 Å². The van der Waals surface area contributed by atoms with Crippen molar-refractivity contribution in [1.29, 1.82) is 0 Å². The number of aryl methyl sites for hydroxylation is 1. The lowest BCUT2D eigenvalue weighted by Gasteiger charge is -2.58. The summed E-state index contributed by atoms with van der Waals surface area (Å²) in [5.74, 6) is 0.940. The van der Waals surface area contributed by atoms with E-state index in [0.717, 1.165) is 16.9 Å². The Labute approximate surface area is 201 Å². The number of carbonyl (C=O) groups excluding carboxylic acids is 2. The number of anilines is 2. The first-order valence-corrected chi connectivity index (χ1v) is 11.3. The quantitative estimate of drug-likeness (QED) is 0.567. The Morgan fingerprint density at radius 3 is 2.42 bits per heavy atom. The van der Waals surface area contributed by atoms with Crippen molar-refractivity contribution in [2.75, 3.05) is 29.4 Å². The van der Waals surface area contributed by atoms with Crippen molar-refractivity contribution in [3.8, 4) is 0 Å². The highest BCUT2D eigenvalue weighted by molar-refractivity contribution is 6.30. The molecule has 1 spiro atoms. The van der Waals surface area contributed by atoms with Gasteiger partial charge in [-0.15, -0.1) is 0 Å². The number of piperazine rings is 1. The van der Waals surface area contributed by atoms with E-state index in [0.29, 0.717) is 35.5 Å². The molecule has 2 aromatic heterocycles. The van der Waals surface area contributed by atoms with Crippen LogP contribution < -0.4 is 9.80 Å². The summed E-state index contributed by atoms with van der Waals surface area (Å²) in [5.41, 5.74) is 0.636. The van der Waals surface area contributed by atoms with E-state index < -0.39 is 5.54 Å². The van der Waals surface area contributed by atoms with Gasteiger partial charge in [-0.1, -0.05) is 41.4 Å². The summed E-state index contributed by atoms with van der Waals surface area (Å²) >= 11 is 12.1. The van der Waals surface area contributed by atoms with Crippen LogP contribution in [-0.4, -0.2) is 51.9 Å². The summed E-state index contributed by atoms with van der Waals surface area (Å²) in [5, 5.41) is 1.10. The first kappa shape index (κ1) is 21.7. The zero-order chi connectivity index (χ0) is 23.2. The van der Waals surface area contributed by atoms with E-state index in [-0.39, 0.29) is 18.4 Å². The van der Waals surface area contributed by atoms with Crippen LogP contribution in [0.5, 0.6) is 0 Å². The molecule has 0 atom stereocenters. The van der Waals surface area contributed by atoms with Crippen LogP contribution in [0.3, 0.4) is 0 Å². The highest BCUT2D eigenvalue weighted by Crippen LogP contribution is 2.38. The summed E-state index contributed by atoms with van der Waals surface area (Å²) < 4.78 is 0. The topological polar surface area (TPSA) is 69.6 Å². The number of aromatic nitrogens is 2. The third-order valence-corrected chi connectivity index (χ3v) is 6.62. The second-order valence-electron chi connectivity index (χ2n) is 8.37. The minimum Gasteiger partial charge on any atom is -0.351 e. The molecule has 7 nitrogen and oxygen atoms in total. The van der Waals surface area contributed by atoms with E-state index in [9.17, 15) is 9.59 Å². The van der Waals surface area contributed by atoms with E-state index >= 15 is 0 Å². The van der Waals surface area contributed by atoms with E-state index in [1.165, 1.54) is 11.1 Å². The maximum absolute atomic E-state index is 13.9. The lowest BCUT2D eigenvalue weighted by Crippen LogP contribution is -2.81. The van der Waals surface area contributed by atoms with Crippen LogP contribution in [0.25, 0.3) is 0 Å². The fraction of sp³-hybridized carbons (Fsp3) is 0.250. The van der Waals surface area contributed by atoms with Gasteiger partial charge in [0.05, 0.1) is 18.1 Å². The molecule has 3 aromatic rings. The van der Waals surface area contributed by atoms with Crippen LogP contribution in [0.2, 0.25) is 10.0 Å². The molecule has 0 bridgehead atoms. The zero-order valence-corrected chi connectivity index (χ0v) is 19.4. The fourth-order valence-corrected chi connectivity index (χ4v) is 4.83. The van der Waals surface area contributed by atoms with Gasteiger partial charge in [0.2, 0.25) is 5.91 Å². The summed E-state index contributed by atoms with van der Waals surface area (Å²) in [4.78, 5) is 41.3. The van der Waals surface area contributed by atoms with Gasteiger partial charge in [0.15, 0.2) is 5.54 Å². The van der Waals surface area contributed by atoms with Crippen molar-refractivity contribution in [3.05, 3.63) is 82.1 Å². The molecule has 5 rings (SSSR count). The number of halogens is 2. The summed E-state index contributed by atoms with van der Waals surface area (Å²) in [7, 11) is 0. The SMILES string of the molecule is Cc1cc(Cl)cnc1N1CC(=O)N(Cc2ccc(Cl)cc2)C2(CN(c3ccccn3)C2)C1=O. The zero-order valence-electron chi connectivity index (χ0n) is 17.9. The Morgan fingerprint density at radius 1 is 1.00 bits per heavy atom. The van der Waals surface area contributed by atoms with Crippen molar-refractivity contribution >= 4 is 46.7 Å². The monoisotopic (exact) mass is 481 g/mol. The first-order chi connectivity index (χ1) is 15.9. The molecule has 0 N–H and O–H groups in total. The lowest BCUT2D eigenvalue weighted by molar-refractivity contribution is -0.153. The molecule has 4 heterocycles. The molecule has 2 amide bonds. The van der Waals surface area contributed by atoms with E-state index in [4.69, 9.17) is 23.2 Å². The molecule has 168 valence electrons. The normalized spacial score (nSPS) is 17.5. The molecule has 0 aliphatic carbocycles. The molecular weight excluding hydrogens is 461 g/mol. The number of benzene rings is 1. The maximum Gasteiger partial charge on any atom is 0.258 e. The van der Waals surface area contributed by atoms with Crippen LogP contribution in [0, 0.1) is 6.92 Å². The summed E-state index contributed by atoms with van der Waals surface area (Å²) in [6, 6.07) is 14.7. The van der Waals surface area contributed by atoms with Crippen molar-refractivity contribution in [1.82, 2.24) is 14.9 Å². The average molecular weight is 482 g/mol. The largest absolute Gasteiger partial charge is 0.351 e. The molecule has 2 fully saturated rings. The Bertz CT molecular complexity index is 1210. The Kier molecular flexibility index (Phi) is 5.46. The van der Waals surface area contributed by atoms with Gasteiger partial charge in [0.25, 0.3) is 5.91 Å². The summed E-state index contributed by atoms with van der Waals surface area (Å²) in [6.45, 7) is 2.78. The van der Waals surface area contributed by atoms with Gasteiger partial charge in [0, 0.05) is 24.0 Å². The molecule has 2 aliphatic rings. The lowest BCUT2D eigenvalue weighted by atomic mass is 9.83. The van der Waals surface area contributed by atoms with Crippen LogP contribution in [0.15, 0.2) is 60.9 Å². The molecule has 0 unspecified atom stereocenters. The Balaban J connectivity index is 1.50. The van der Waals surface area contributed by atoms with Crippen molar-refractivity contribution in [2.24, 2.45) is 0 Å². The smallest absolute Gasteiger partial charge is 0.258 e. The molecule has 9 heteroatoms. The van der Waals surface area contributed by atoms with Gasteiger partial charge in [-0.05, 0) is 48.4 Å². The minimum atomic E-state index is -1.01. The standard InChI is InChI=1S/C24H21Cl2N5O2/c1-16-10-19(26)11-28-22(16)30-13-21(32)31(12-17-5-7-18(25)8-6-17)24(23(30)33)14-29(15-24)20-4-2-3-9-27-20/h2-11H,12-15H2,1H3. The van der Waals surface area contributed by atoms with Gasteiger partial charge in [-0.3, -0.25) is 14.5 Å². The van der Waals surface area contributed by atoms with Crippen molar-refractivity contribution in [2.45, 2.75) is 19.0 Å². The molecule has 2 saturated heterocycles. The molecular formula is C24H21Cl2N5O2. The Morgan fingerprint density at radius 2 is 1.76 bits per heavy atom. The van der Waals surface area contributed by atoms with Crippen molar-refractivity contribution in [3.63, 3.8) is 0 Å². The molecule has 33 heavy (non-hydrogen) atoms. The highest BCUT2D eigenvalue weighted by atomic mass is 35.5. The molecule has 0 radical (unpaired) electrons. The minimum absolute atomic E-state index is 0.0762. The van der Waals surface area contributed by atoms with Crippen LogP contribution >= 0.6 is 23.2 Å². The second kappa shape index (κ2) is 8.32. The second-order valence-corrected chi connectivity index (χ2v) is 9.24. The van der Waals surface area contributed by atoms with Gasteiger partial charge in [-0.25, -0.2) is 9.97 Å². The third-order valence-electron chi connectivity index (χ3n) is 6.16. The molecule has 1 aromatic carbocycles. The predicted molar refractivity (Wildman–Crippen MR) is 128 cm³/mol. The number of carbonyl (C=O) groups is 2. The maximum atomic E-state index is 13.9. The number of rotatable bonds is 4. The first-order valence-electron chi connectivity index (χ1n) is 10.5. The van der Waals surface area contributed by atoms with E-state index in [2.05, 4.69) is 9.97 Å². The van der Waals surface area contributed by atoms with E-state index in [1.54, 1.807) is 29.3 Å². The fourth-order valence-electron chi connectivity index (χ4n) is 4.49. The average Bonchev–Trinajstić information content (AvgIpc) is 2.77. The molecule has 0 saturated carbocycles. The van der Waals surface area contributed by atoms with Gasteiger partial charge in [0.1, 0.15) is 18.2 Å². The summed E-state index contributed by atoms with van der Waals surface area (Å²) in [6.07, 6.45) is 3.21.